The summed E-state index contributed by atoms with van der Waals surface area (Å²) in [7, 11) is 0. The normalized spacial score (nSPS) is 10.9. The predicted molar refractivity (Wildman–Crippen MR) is 46.2 cm³/mol. The molecule has 1 heterocycles. The Morgan fingerprint density at radius 2 is 2.27 bits per heavy atom. The molecule has 0 saturated carbocycles. The van der Waals surface area contributed by atoms with Crippen molar-refractivity contribution in [2.45, 2.75) is 27.3 Å². The Kier molecular flexibility index (Phi) is 2.17. The molecule has 0 spiro atoms. The zero-order valence-electron chi connectivity index (χ0n) is 7.33. The fourth-order valence-electron chi connectivity index (χ4n) is 1.07. The molecular formula is C8H15N3. The lowest BCUT2D eigenvalue weighted by molar-refractivity contribution is 0.476. The van der Waals surface area contributed by atoms with E-state index in [0.29, 0.717) is 11.7 Å². The van der Waals surface area contributed by atoms with E-state index in [2.05, 4.69) is 18.9 Å². The summed E-state index contributed by atoms with van der Waals surface area (Å²) in [4.78, 5) is 0. The zero-order chi connectivity index (χ0) is 8.43. The van der Waals surface area contributed by atoms with Gasteiger partial charge in [0.25, 0.3) is 0 Å². The summed E-state index contributed by atoms with van der Waals surface area (Å²) >= 11 is 0. The maximum Gasteiger partial charge on any atom is 0.145 e. The molecule has 1 rings (SSSR count). The van der Waals surface area contributed by atoms with Gasteiger partial charge in [0.1, 0.15) is 5.82 Å². The number of aryl methyl sites for hydroxylation is 1. The van der Waals surface area contributed by atoms with Crippen LogP contribution >= 0.6 is 0 Å². The van der Waals surface area contributed by atoms with Crippen LogP contribution < -0.4 is 5.73 Å². The second kappa shape index (κ2) is 2.95. The standard InChI is InChI=1S/C8H15N3/c1-6(2)5-11-7(3)4-8(9)10-11/h4,6H,5H2,1-3H3,(H2,9,10). The van der Waals surface area contributed by atoms with Gasteiger partial charge in [-0.25, -0.2) is 0 Å². The molecule has 0 aromatic carbocycles. The average molecular weight is 153 g/mol. The molecule has 0 radical (unpaired) electrons. The van der Waals surface area contributed by atoms with Gasteiger partial charge in [0.05, 0.1) is 0 Å². The van der Waals surface area contributed by atoms with Crippen molar-refractivity contribution in [1.29, 1.82) is 0 Å². The van der Waals surface area contributed by atoms with Crippen LogP contribution in [-0.4, -0.2) is 9.78 Å². The minimum absolute atomic E-state index is 0.614. The van der Waals surface area contributed by atoms with Crippen LogP contribution in [0, 0.1) is 12.8 Å². The number of rotatable bonds is 2. The van der Waals surface area contributed by atoms with E-state index in [1.54, 1.807) is 0 Å². The number of hydrogen-bond donors (Lipinski definition) is 1. The highest BCUT2D eigenvalue weighted by Gasteiger charge is 2.02. The van der Waals surface area contributed by atoms with E-state index in [4.69, 9.17) is 5.73 Å². The van der Waals surface area contributed by atoms with E-state index in [1.165, 1.54) is 0 Å². The van der Waals surface area contributed by atoms with Gasteiger partial charge in [-0.1, -0.05) is 13.8 Å². The lowest BCUT2D eigenvalue weighted by Gasteiger charge is -2.05. The molecule has 0 atom stereocenters. The van der Waals surface area contributed by atoms with Crippen LogP contribution in [-0.2, 0) is 6.54 Å². The summed E-state index contributed by atoms with van der Waals surface area (Å²) in [6.07, 6.45) is 0. The molecule has 0 aliphatic heterocycles. The van der Waals surface area contributed by atoms with Crippen LogP contribution in [0.3, 0.4) is 0 Å². The van der Waals surface area contributed by atoms with E-state index in [1.807, 2.05) is 17.7 Å². The third-order valence-electron chi connectivity index (χ3n) is 1.54. The van der Waals surface area contributed by atoms with E-state index in [9.17, 15) is 0 Å². The van der Waals surface area contributed by atoms with Crippen LogP contribution in [0.1, 0.15) is 19.5 Å². The maximum absolute atomic E-state index is 5.52. The van der Waals surface area contributed by atoms with Crippen molar-refractivity contribution in [3.63, 3.8) is 0 Å². The Morgan fingerprint density at radius 3 is 2.64 bits per heavy atom. The Morgan fingerprint density at radius 1 is 1.64 bits per heavy atom. The first-order chi connectivity index (χ1) is 5.09. The van der Waals surface area contributed by atoms with Crippen molar-refractivity contribution < 1.29 is 0 Å². The molecule has 2 N–H and O–H groups in total. The van der Waals surface area contributed by atoms with Crippen molar-refractivity contribution in [3.8, 4) is 0 Å². The Bertz CT molecular complexity index is 237. The van der Waals surface area contributed by atoms with E-state index in [0.717, 1.165) is 12.2 Å². The quantitative estimate of drug-likeness (QED) is 0.698. The summed E-state index contributed by atoms with van der Waals surface area (Å²) < 4.78 is 1.94. The van der Waals surface area contributed by atoms with Crippen LogP contribution in [0.4, 0.5) is 5.82 Å². The lowest BCUT2D eigenvalue weighted by Crippen LogP contribution is -2.07. The molecule has 0 unspecified atom stereocenters. The summed E-state index contributed by atoms with van der Waals surface area (Å²) in [6, 6.07) is 1.89. The Balaban J connectivity index is 2.77. The van der Waals surface area contributed by atoms with Gasteiger partial charge in [-0.15, -0.1) is 0 Å². The summed E-state index contributed by atoms with van der Waals surface area (Å²) in [5.41, 5.74) is 6.66. The highest BCUT2D eigenvalue weighted by Crippen LogP contribution is 2.06. The van der Waals surface area contributed by atoms with E-state index < -0.39 is 0 Å². The number of nitrogens with zero attached hydrogens (tertiary/aromatic N) is 2. The van der Waals surface area contributed by atoms with E-state index in [-0.39, 0.29) is 0 Å². The molecule has 0 amide bonds. The van der Waals surface area contributed by atoms with Gasteiger partial charge in [-0.05, 0) is 12.8 Å². The Hall–Kier alpha value is -0.990. The van der Waals surface area contributed by atoms with Crippen LogP contribution in [0.2, 0.25) is 0 Å². The Labute approximate surface area is 67.2 Å². The number of nitrogen functional groups attached to an aromatic ring is 1. The third kappa shape index (κ3) is 1.97. The molecule has 1 aromatic heterocycles. The molecule has 0 aliphatic carbocycles. The maximum atomic E-state index is 5.52. The largest absolute Gasteiger partial charge is 0.382 e. The van der Waals surface area contributed by atoms with Gasteiger partial charge in [-0.3, -0.25) is 4.68 Å². The van der Waals surface area contributed by atoms with Crippen molar-refractivity contribution in [2.75, 3.05) is 5.73 Å². The minimum atomic E-state index is 0.614. The average Bonchev–Trinajstić information content (AvgIpc) is 2.09. The van der Waals surface area contributed by atoms with Crippen LogP contribution in [0.25, 0.3) is 0 Å². The smallest absolute Gasteiger partial charge is 0.145 e. The SMILES string of the molecule is Cc1cc(N)nn1CC(C)C. The molecule has 1 aromatic rings. The van der Waals surface area contributed by atoms with Crippen LogP contribution in [0.15, 0.2) is 6.07 Å². The summed E-state index contributed by atoms with van der Waals surface area (Å²) in [5, 5.41) is 4.14. The zero-order valence-corrected chi connectivity index (χ0v) is 7.33. The number of anilines is 1. The molecule has 0 saturated heterocycles. The van der Waals surface area contributed by atoms with Crippen molar-refractivity contribution in [3.05, 3.63) is 11.8 Å². The number of nitrogens with two attached hydrogens (primary N) is 1. The molecule has 11 heavy (non-hydrogen) atoms. The van der Waals surface area contributed by atoms with Gasteiger partial charge < -0.3 is 5.73 Å². The number of hydrogen-bond acceptors (Lipinski definition) is 2. The van der Waals surface area contributed by atoms with Crippen LogP contribution in [0.5, 0.6) is 0 Å². The lowest BCUT2D eigenvalue weighted by atomic mass is 10.2. The molecule has 3 heteroatoms. The van der Waals surface area contributed by atoms with Gasteiger partial charge in [-0.2, -0.15) is 5.10 Å². The van der Waals surface area contributed by atoms with Gasteiger partial charge >= 0.3 is 0 Å². The fraction of sp³-hybridized carbons (Fsp3) is 0.625. The van der Waals surface area contributed by atoms with Gasteiger partial charge in [0.15, 0.2) is 0 Å². The van der Waals surface area contributed by atoms with Crippen molar-refractivity contribution in [1.82, 2.24) is 9.78 Å². The van der Waals surface area contributed by atoms with Crippen molar-refractivity contribution >= 4 is 5.82 Å². The van der Waals surface area contributed by atoms with Crippen molar-refractivity contribution in [2.24, 2.45) is 5.92 Å². The first-order valence-electron chi connectivity index (χ1n) is 3.89. The fourth-order valence-corrected chi connectivity index (χ4v) is 1.07. The molecule has 0 fully saturated rings. The third-order valence-corrected chi connectivity index (χ3v) is 1.54. The van der Waals surface area contributed by atoms with E-state index >= 15 is 0 Å². The minimum Gasteiger partial charge on any atom is -0.382 e. The molecule has 0 bridgehead atoms. The summed E-state index contributed by atoms with van der Waals surface area (Å²) in [6.45, 7) is 7.30. The predicted octanol–water partition coefficient (Wildman–Crippen LogP) is 1.43. The second-order valence-corrected chi connectivity index (χ2v) is 3.29. The molecular weight excluding hydrogens is 138 g/mol. The number of aromatic nitrogens is 2. The highest BCUT2D eigenvalue weighted by molar-refractivity contribution is 5.28. The monoisotopic (exact) mass is 153 g/mol. The first-order valence-corrected chi connectivity index (χ1v) is 3.89. The van der Waals surface area contributed by atoms with Gasteiger partial charge in [0, 0.05) is 18.3 Å². The highest BCUT2D eigenvalue weighted by atomic mass is 15.3. The summed E-state index contributed by atoms with van der Waals surface area (Å²) in [5.74, 6) is 1.23. The molecule has 0 aliphatic rings. The first kappa shape index (κ1) is 8.11. The molecule has 3 nitrogen and oxygen atoms in total. The second-order valence-electron chi connectivity index (χ2n) is 3.29. The van der Waals surface area contributed by atoms with Gasteiger partial charge in [0.2, 0.25) is 0 Å². The molecule has 62 valence electrons. The topological polar surface area (TPSA) is 43.8 Å².